The standard InChI is InChI=1S/C20H24FN3O4/c1-28-16-5-6-17(21)15(10-16)12-24-9-3-7-20(27,19(24)26)13-22-11-14-4-2-8-23-18(14)25/h2,4-6,8,10,22,27H,3,7,9,11-13H2,1H3,(H,23,25). The minimum absolute atomic E-state index is 0.0112. The van der Waals surface area contributed by atoms with E-state index in [1.807, 2.05) is 0 Å². The number of methoxy groups -OCH3 is 1. The highest BCUT2D eigenvalue weighted by Gasteiger charge is 2.41. The largest absolute Gasteiger partial charge is 0.497 e. The number of ether oxygens (including phenoxy) is 1. The minimum atomic E-state index is -1.59. The number of carbonyl (C=O) groups is 1. The molecule has 0 radical (unpaired) electrons. The molecule has 3 N–H and O–H groups in total. The summed E-state index contributed by atoms with van der Waals surface area (Å²) in [5.41, 5.74) is -0.952. The van der Waals surface area contributed by atoms with Crippen LogP contribution in [0.2, 0.25) is 0 Å². The zero-order chi connectivity index (χ0) is 20.1. The number of halogens is 1. The van der Waals surface area contributed by atoms with Crippen LogP contribution in [0.25, 0.3) is 0 Å². The molecule has 28 heavy (non-hydrogen) atoms. The van der Waals surface area contributed by atoms with Gasteiger partial charge in [0.1, 0.15) is 11.6 Å². The average molecular weight is 389 g/mol. The maximum absolute atomic E-state index is 14.1. The third-order valence-corrected chi connectivity index (χ3v) is 4.95. The molecule has 0 aliphatic carbocycles. The van der Waals surface area contributed by atoms with Gasteiger partial charge in [-0.2, -0.15) is 0 Å². The van der Waals surface area contributed by atoms with Gasteiger partial charge in [0.25, 0.3) is 11.5 Å². The fourth-order valence-corrected chi connectivity index (χ4v) is 3.38. The number of hydrogen-bond donors (Lipinski definition) is 3. The third kappa shape index (κ3) is 4.40. The van der Waals surface area contributed by atoms with Gasteiger partial charge in [-0.15, -0.1) is 0 Å². The topological polar surface area (TPSA) is 94.7 Å². The van der Waals surface area contributed by atoms with Crippen LogP contribution in [-0.4, -0.2) is 46.7 Å². The summed E-state index contributed by atoms with van der Waals surface area (Å²) in [7, 11) is 1.49. The Morgan fingerprint density at radius 2 is 2.14 bits per heavy atom. The molecule has 1 unspecified atom stereocenters. The first-order valence-electron chi connectivity index (χ1n) is 9.14. The molecule has 1 aliphatic heterocycles. The highest BCUT2D eigenvalue weighted by Crippen LogP contribution is 2.25. The zero-order valence-corrected chi connectivity index (χ0v) is 15.7. The van der Waals surface area contributed by atoms with Gasteiger partial charge < -0.3 is 25.0 Å². The van der Waals surface area contributed by atoms with E-state index in [0.29, 0.717) is 36.3 Å². The van der Waals surface area contributed by atoms with Crippen LogP contribution in [0.1, 0.15) is 24.0 Å². The monoisotopic (exact) mass is 389 g/mol. The van der Waals surface area contributed by atoms with Crippen molar-refractivity contribution in [2.24, 2.45) is 0 Å². The molecule has 150 valence electrons. The Kier molecular flexibility index (Phi) is 6.11. The van der Waals surface area contributed by atoms with Crippen molar-refractivity contribution in [2.45, 2.75) is 31.5 Å². The highest BCUT2D eigenvalue weighted by atomic mass is 19.1. The molecule has 7 nitrogen and oxygen atoms in total. The van der Waals surface area contributed by atoms with Crippen LogP contribution in [0.3, 0.4) is 0 Å². The number of rotatable bonds is 7. The van der Waals surface area contributed by atoms with Gasteiger partial charge in [0, 0.05) is 43.5 Å². The summed E-state index contributed by atoms with van der Waals surface area (Å²) in [4.78, 5) is 28.6. The summed E-state index contributed by atoms with van der Waals surface area (Å²) in [6.45, 7) is 0.742. The van der Waals surface area contributed by atoms with Crippen LogP contribution in [0.15, 0.2) is 41.3 Å². The Balaban J connectivity index is 1.65. The van der Waals surface area contributed by atoms with Crippen molar-refractivity contribution in [1.82, 2.24) is 15.2 Å². The Morgan fingerprint density at radius 1 is 1.32 bits per heavy atom. The Hall–Kier alpha value is -2.71. The summed E-state index contributed by atoms with van der Waals surface area (Å²) in [5, 5.41) is 13.8. The van der Waals surface area contributed by atoms with E-state index < -0.39 is 17.3 Å². The number of carbonyl (C=O) groups excluding carboxylic acids is 1. The van der Waals surface area contributed by atoms with Crippen LogP contribution in [0.4, 0.5) is 4.39 Å². The fraction of sp³-hybridized carbons (Fsp3) is 0.400. The average Bonchev–Trinajstić information content (AvgIpc) is 2.69. The third-order valence-electron chi connectivity index (χ3n) is 4.95. The lowest BCUT2D eigenvalue weighted by molar-refractivity contribution is -0.157. The van der Waals surface area contributed by atoms with Crippen LogP contribution < -0.4 is 15.6 Å². The van der Waals surface area contributed by atoms with Gasteiger partial charge in [0.05, 0.1) is 7.11 Å². The lowest BCUT2D eigenvalue weighted by Crippen LogP contribution is -2.57. The molecule has 1 atom stereocenters. The van der Waals surface area contributed by atoms with Crippen LogP contribution in [-0.2, 0) is 17.9 Å². The van der Waals surface area contributed by atoms with Crippen LogP contribution >= 0.6 is 0 Å². The van der Waals surface area contributed by atoms with E-state index in [2.05, 4.69) is 10.3 Å². The SMILES string of the molecule is COc1ccc(F)c(CN2CCCC(O)(CNCc3ccc[nH]c3=O)C2=O)c1. The molecule has 2 heterocycles. The van der Waals surface area contributed by atoms with E-state index in [4.69, 9.17) is 4.74 Å². The molecular weight excluding hydrogens is 365 g/mol. The predicted molar refractivity (Wildman–Crippen MR) is 101 cm³/mol. The van der Waals surface area contributed by atoms with Crippen molar-refractivity contribution in [3.63, 3.8) is 0 Å². The number of nitrogens with zero attached hydrogens (tertiary/aromatic N) is 1. The van der Waals surface area contributed by atoms with E-state index in [0.717, 1.165) is 0 Å². The second kappa shape index (κ2) is 8.53. The van der Waals surface area contributed by atoms with Gasteiger partial charge in [-0.25, -0.2) is 4.39 Å². The summed E-state index contributed by atoms with van der Waals surface area (Å²) < 4.78 is 19.2. The first kappa shape index (κ1) is 20.0. The lowest BCUT2D eigenvalue weighted by Gasteiger charge is -2.38. The van der Waals surface area contributed by atoms with Crippen LogP contribution in [0.5, 0.6) is 5.75 Å². The summed E-state index contributed by atoms with van der Waals surface area (Å²) >= 11 is 0. The molecule has 1 fully saturated rings. The molecule has 1 aromatic carbocycles. The first-order valence-corrected chi connectivity index (χ1v) is 9.14. The Morgan fingerprint density at radius 3 is 2.89 bits per heavy atom. The van der Waals surface area contributed by atoms with E-state index >= 15 is 0 Å². The summed E-state index contributed by atoms with van der Waals surface area (Å²) in [6, 6.07) is 7.76. The highest BCUT2D eigenvalue weighted by molar-refractivity contribution is 5.86. The molecule has 0 spiro atoms. The second-order valence-electron chi connectivity index (χ2n) is 6.95. The van der Waals surface area contributed by atoms with Gasteiger partial charge in [-0.1, -0.05) is 6.07 Å². The van der Waals surface area contributed by atoms with Gasteiger partial charge in [0.2, 0.25) is 0 Å². The van der Waals surface area contributed by atoms with Crippen LogP contribution in [0, 0.1) is 5.82 Å². The molecule has 1 aromatic heterocycles. The molecule has 0 bridgehead atoms. The summed E-state index contributed by atoms with van der Waals surface area (Å²) in [6.07, 6.45) is 2.45. The lowest BCUT2D eigenvalue weighted by atomic mass is 9.91. The van der Waals surface area contributed by atoms with Crippen molar-refractivity contribution >= 4 is 5.91 Å². The number of piperidine rings is 1. The van der Waals surface area contributed by atoms with Gasteiger partial charge in [-0.05, 0) is 37.1 Å². The number of pyridine rings is 1. The predicted octanol–water partition coefficient (Wildman–Crippen LogP) is 1.17. The number of hydrogen-bond acceptors (Lipinski definition) is 5. The normalized spacial score (nSPS) is 19.7. The van der Waals surface area contributed by atoms with E-state index in [1.165, 1.54) is 24.1 Å². The van der Waals surface area contributed by atoms with Crippen molar-refractivity contribution in [3.8, 4) is 5.75 Å². The number of benzene rings is 1. The Labute approximate surface area is 162 Å². The number of aromatic amines is 1. The van der Waals surface area contributed by atoms with Crippen molar-refractivity contribution in [2.75, 3.05) is 20.2 Å². The number of H-pyrrole nitrogens is 1. The number of aromatic nitrogens is 1. The van der Waals surface area contributed by atoms with Gasteiger partial charge >= 0.3 is 0 Å². The van der Waals surface area contributed by atoms with Crippen molar-refractivity contribution < 1.29 is 19.0 Å². The molecule has 1 aliphatic rings. The molecule has 0 saturated carbocycles. The first-order chi connectivity index (χ1) is 13.4. The zero-order valence-electron chi connectivity index (χ0n) is 15.7. The van der Waals surface area contributed by atoms with E-state index in [9.17, 15) is 19.1 Å². The number of likely N-dealkylation sites (tertiary alicyclic amines) is 1. The molecule has 1 saturated heterocycles. The second-order valence-corrected chi connectivity index (χ2v) is 6.95. The number of aliphatic hydroxyl groups is 1. The molecule has 1 amide bonds. The van der Waals surface area contributed by atoms with Crippen molar-refractivity contribution in [3.05, 3.63) is 63.8 Å². The summed E-state index contributed by atoms with van der Waals surface area (Å²) in [5.74, 6) is -0.370. The number of nitrogens with one attached hydrogen (secondary N) is 2. The van der Waals surface area contributed by atoms with E-state index in [-0.39, 0.29) is 25.2 Å². The van der Waals surface area contributed by atoms with E-state index in [1.54, 1.807) is 24.4 Å². The van der Waals surface area contributed by atoms with Gasteiger partial charge in [-0.3, -0.25) is 9.59 Å². The Bertz CT molecular complexity index is 901. The minimum Gasteiger partial charge on any atom is -0.497 e. The molecular formula is C20H24FN3O4. The quantitative estimate of drug-likeness (QED) is 0.661. The maximum Gasteiger partial charge on any atom is 0.256 e. The van der Waals surface area contributed by atoms with Gasteiger partial charge in [0.15, 0.2) is 5.60 Å². The fourth-order valence-electron chi connectivity index (χ4n) is 3.38. The smallest absolute Gasteiger partial charge is 0.256 e. The van der Waals surface area contributed by atoms with Crippen molar-refractivity contribution in [1.29, 1.82) is 0 Å². The number of amides is 1. The molecule has 8 heteroatoms. The molecule has 3 rings (SSSR count). The molecule has 2 aromatic rings. The maximum atomic E-state index is 14.1.